The molecule has 1 heterocycles. The van der Waals surface area contributed by atoms with E-state index in [0.29, 0.717) is 11.4 Å². The minimum atomic E-state index is -0.433. The Morgan fingerprint density at radius 3 is 2.43 bits per heavy atom. The van der Waals surface area contributed by atoms with Gasteiger partial charge >= 0.3 is 0 Å². The van der Waals surface area contributed by atoms with Crippen LogP contribution < -0.4 is 10.1 Å². The molecule has 1 unspecified atom stereocenters. The number of hydrogen-bond donors (Lipinski definition) is 1. The van der Waals surface area contributed by atoms with E-state index in [4.69, 9.17) is 4.74 Å². The fraction of sp³-hybridized carbons (Fsp3) is 0.118. The Labute approximate surface area is 133 Å². The highest BCUT2D eigenvalue weighted by Gasteiger charge is 2.15. The molecule has 3 aromatic rings. The fourth-order valence-corrected chi connectivity index (χ4v) is 2.02. The predicted molar refractivity (Wildman–Crippen MR) is 86.3 cm³/mol. The molecule has 0 radical (unpaired) electrons. The molecule has 0 aliphatic heterocycles. The van der Waals surface area contributed by atoms with Gasteiger partial charge in [-0.15, -0.1) is 0 Å². The van der Waals surface area contributed by atoms with E-state index >= 15 is 0 Å². The molecule has 6 heteroatoms. The number of amides is 1. The van der Waals surface area contributed by atoms with Crippen LogP contribution in [0, 0.1) is 0 Å². The van der Waals surface area contributed by atoms with Gasteiger partial charge in [0.25, 0.3) is 0 Å². The van der Waals surface area contributed by atoms with Crippen molar-refractivity contribution in [2.45, 2.75) is 13.0 Å². The van der Waals surface area contributed by atoms with Gasteiger partial charge in [-0.05, 0) is 43.3 Å². The minimum Gasteiger partial charge on any atom is -0.457 e. The molecule has 0 saturated carbocycles. The van der Waals surface area contributed by atoms with Gasteiger partial charge in [-0.2, -0.15) is 5.10 Å². The summed E-state index contributed by atoms with van der Waals surface area (Å²) in [6.07, 6.45) is 2.92. The highest BCUT2D eigenvalue weighted by Crippen LogP contribution is 2.23. The third-order valence-electron chi connectivity index (χ3n) is 3.31. The van der Waals surface area contributed by atoms with Crippen molar-refractivity contribution in [1.82, 2.24) is 14.8 Å². The van der Waals surface area contributed by atoms with Gasteiger partial charge < -0.3 is 10.1 Å². The van der Waals surface area contributed by atoms with Crippen LogP contribution >= 0.6 is 0 Å². The molecule has 0 fully saturated rings. The molecular formula is C17H16N4O2. The summed E-state index contributed by atoms with van der Waals surface area (Å²) in [7, 11) is 0. The van der Waals surface area contributed by atoms with Crippen LogP contribution in [0.1, 0.15) is 13.0 Å². The van der Waals surface area contributed by atoms with Crippen LogP contribution in [0.4, 0.5) is 5.69 Å². The summed E-state index contributed by atoms with van der Waals surface area (Å²) in [5.41, 5.74) is 0.697. The van der Waals surface area contributed by atoms with Crippen molar-refractivity contribution in [2.24, 2.45) is 0 Å². The predicted octanol–water partition coefficient (Wildman–Crippen LogP) is 3.27. The minimum absolute atomic E-state index is 0.160. The third-order valence-corrected chi connectivity index (χ3v) is 3.31. The SMILES string of the molecule is CC(C(=O)Nc1ccc(Oc2ccccc2)cc1)n1cncn1. The lowest BCUT2D eigenvalue weighted by atomic mass is 10.2. The molecule has 0 aliphatic rings. The lowest BCUT2D eigenvalue weighted by molar-refractivity contribution is -0.119. The summed E-state index contributed by atoms with van der Waals surface area (Å²) in [5, 5.41) is 6.80. The summed E-state index contributed by atoms with van der Waals surface area (Å²) in [5.74, 6) is 1.31. The van der Waals surface area contributed by atoms with Gasteiger partial charge in [-0.1, -0.05) is 18.2 Å². The van der Waals surface area contributed by atoms with E-state index in [2.05, 4.69) is 15.4 Å². The standard InChI is InChI=1S/C17H16N4O2/c1-13(21-12-18-11-19-21)17(22)20-14-7-9-16(10-8-14)23-15-5-3-2-4-6-15/h2-13H,1H3,(H,20,22). The molecule has 116 valence electrons. The molecule has 1 atom stereocenters. The molecular weight excluding hydrogens is 292 g/mol. The highest BCUT2D eigenvalue weighted by atomic mass is 16.5. The number of carbonyl (C=O) groups excluding carboxylic acids is 1. The van der Waals surface area contributed by atoms with Crippen molar-refractivity contribution in [3.63, 3.8) is 0 Å². The first-order chi connectivity index (χ1) is 11.2. The second-order valence-electron chi connectivity index (χ2n) is 4.98. The monoisotopic (exact) mass is 308 g/mol. The van der Waals surface area contributed by atoms with E-state index in [1.807, 2.05) is 42.5 Å². The maximum absolute atomic E-state index is 12.2. The number of benzene rings is 2. The van der Waals surface area contributed by atoms with Crippen LogP contribution in [0.25, 0.3) is 0 Å². The quantitative estimate of drug-likeness (QED) is 0.785. The Kier molecular flexibility index (Phi) is 4.33. The molecule has 3 rings (SSSR count). The van der Waals surface area contributed by atoms with Crippen molar-refractivity contribution in [1.29, 1.82) is 0 Å². The summed E-state index contributed by atoms with van der Waals surface area (Å²) in [6, 6.07) is 16.3. The summed E-state index contributed by atoms with van der Waals surface area (Å²) < 4.78 is 7.21. The number of rotatable bonds is 5. The number of nitrogens with zero attached hydrogens (tertiary/aromatic N) is 3. The van der Waals surface area contributed by atoms with Crippen molar-refractivity contribution < 1.29 is 9.53 Å². The van der Waals surface area contributed by atoms with Gasteiger partial charge in [0.2, 0.25) is 5.91 Å². The molecule has 0 spiro atoms. The van der Waals surface area contributed by atoms with Crippen LogP contribution in [0.5, 0.6) is 11.5 Å². The van der Waals surface area contributed by atoms with Crippen molar-refractivity contribution >= 4 is 11.6 Å². The molecule has 0 saturated heterocycles. The molecule has 1 amide bonds. The van der Waals surface area contributed by atoms with Crippen molar-refractivity contribution in [3.8, 4) is 11.5 Å². The first kappa shape index (κ1) is 14.8. The highest BCUT2D eigenvalue weighted by molar-refractivity contribution is 5.93. The van der Waals surface area contributed by atoms with Gasteiger partial charge in [-0.3, -0.25) is 4.79 Å². The summed E-state index contributed by atoms with van der Waals surface area (Å²) in [4.78, 5) is 16.0. The zero-order chi connectivity index (χ0) is 16.1. The van der Waals surface area contributed by atoms with Gasteiger partial charge in [0.05, 0.1) is 0 Å². The summed E-state index contributed by atoms with van der Waals surface area (Å²) in [6.45, 7) is 1.76. The van der Waals surface area contributed by atoms with Crippen LogP contribution in [0.3, 0.4) is 0 Å². The number of para-hydroxylation sites is 1. The smallest absolute Gasteiger partial charge is 0.249 e. The lowest BCUT2D eigenvalue weighted by Gasteiger charge is -2.12. The third kappa shape index (κ3) is 3.74. The van der Waals surface area contributed by atoms with Crippen molar-refractivity contribution in [2.75, 3.05) is 5.32 Å². The number of hydrogen-bond acceptors (Lipinski definition) is 4. The Bertz CT molecular complexity index is 755. The van der Waals surface area contributed by atoms with E-state index in [1.165, 1.54) is 17.3 Å². The Balaban J connectivity index is 1.62. The normalized spacial score (nSPS) is 11.7. The number of anilines is 1. The van der Waals surface area contributed by atoms with E-state index in [1.54, 1.807) is 19.1 Å². The molecule has 0 aliphatic carbocycles. The van der Waals surface area contributed by atoms with Crippen LogP contribution in [-0.2, 0) is 4.79 Å². The van der Waals surface area contributed by atoms with Gasteiger partial charge in [0.1, 0.15) is 30.2 Å². The molecule has 6 nitrogen and oxygen atoms in total. The lowest BCUT2D eigenvalue weighted by Crippen LogP contribution is -2.23. The molecule has 23 heavy (non-hydrogen) atoms. The van der Waals surface area contributed by atoms with Gasteiger partial charge in [-0.25, -0.2) is 9.67 Å². The van der Waals surface area contributed by atoms with E-state index < -0.39 is 6.04 Å². The van der Waals surface area contributed by atoms with Crippen LogP contribution in [-0.4, -0.2) is 20.7 Å². The first-order valence-electron chi connectivity index (χ1n) is 7.20. The number of carbonyl (C=O) groups is 1. The Morgan fingerprint density at radius 1 is 1.09 bits per heavy atom. The number of ether oxygens (including phenoxy) is 1. The fourth-order valence-electron chi connectivity index (χ4n) is 2.02. The van der Waals surface area contributed by atoms with Crippen molar-refractivity contribution in [3.05, 3.63) is 67.3 Å². The van der Waals surface area contributed by atoms with Gasteiger partial charge in [0, 0.05) is 5.69 Å². The van der Waals surface area contributed by atoms with Crippen LogP contribution in [0.2, 0.25) is 0 Å². The Morgan fingerprint density at radius 2 is 1.78 bits per heavy atom. The first-order valence-corrected chi connectivity index (χ1v) is 7.20. The second-order valence-corrected chi connectivity index (χ2v) is 4.98. The van der Waals surface area contributed by atoms with Crippen LogP contribution in [0.15, 0.2) is 67.3 Å². The van der Waals surface area contributed by atoms with Gasteiger partial charge in [0.15, 0.2) is 0 Å². The van der Waals surface area contributed by atoms with E-state index in [-0.39, 0.29) is 5.91 Å². The maximum atomic E-state index is 12.2. The average Bonchev–Trinajstić information content (AvgIpc) is 3.11. The summed E-state index contributed by atoms with van der Waals surface area (Å²) >= 11 is 0. The topological polar surface area (TPSA) is 69.0 Å². The van der Waals surface area contributed by atoms with E-state index in [0.717, 1.165) is 5.75 Å². The molecule has 1 aromatic heterocycles. The van der Waals surface area contributed by atoms with E-state index in [9.17, 15) is 4.79 Å². The largest absolute Gasteiger partial charge is 0.457 e. The zero-order valence-corrected chi connectivity index (χ0v) is 12.6. The second kappa shape index (κ2) is 6.74. The number of nitrogens with one attached hydrogen (secondary N) is 1. The molecule has 2 aromatic carbocycles. The molecule has 0 bridgehead atoms. The average molecular weight is 308 g/mol. The number of aromatic nitrogens is 3. The zero-order valence-electron chi connectivity index (χ0n) is 12.6. The molecule has 1 N–H and O–H groups in total. The maximum Gasteiger partial charge on any atom is 0.249 e. The Hall–Kier alpha value is -3.15.